The summed E-state index contributed by atoms with van der Waals surface area (Å²) in [4.78, 5) is 4.09. The number of hydrogen-bond donors (Lipinski definition) is 0. The normalized spacial score (nSPS) is 11.3. The molecule has 21 heavy (non-hydrogen) atoms. The Morgan fingerprint density at radius 3 is 2.29 bits per heavy atom. The molecule has 8 heteroatoms. The average molecular weight is 313 g/mol. The second kappa shape index (κ2) is 4.70. The number of aromatic nitrogens is 4. The van der Waals surface area contributed by atoms with Gasteiger partial charge in [-0.05, 0) is 26.0 Å². The van der Waals surface area contributed by atoms with Gasteiger partial charge in [-0.3, -0.25) is 4.40 Å². The second-order valence-corrected chi connectivity index (χ2v) is 4.87. The monoisotopic (exact) mass is 312 g/mol. The highest BCUT2D eigenvalue weighted by Crippen LogP contribution is 2.26. The van der Waals surface area contributed by atoms with Crippen LogP contribution in [-0.2, 0) is 0 Å². The lowest BCUT2D eigenvalue weighted by molar-refractivity contribution is 0.447. The van der Waals surface area contributed by atoms with Crippen molar-refractivity contribution in [2.24, 2.45) is 0 Å². The minimum atomic E-state index is -1.53. The Kier molecular flexibility index (Phi) is 3.09. The first-order valence-corrected chi connectivity index (χ1v) is 6.30. The number of aryl methyl sites for hydroxylation is 2. The molecule has 0 radical (unpaired) electrons. The maximum Gasteiger partial charge on any atom is 0.199 e. The second-order valence-electron chi connectivity index (χ2n) is 4.51. The van der Waals surface area contributed by atoms with Crippen molar-refractivity contribution in [1.82, 2.24) is 19.6 Å². The highest BCUT2D eigenvalue weighted by molar-refractivity contribution is 6.32. The largest absolute Gasteiger partial charge is 0.275 e. The van der Waals surface area contributed by atoms with E-state index >= 15 is 0 Å². The van der Waals surface area contributed by atoms with E-state index < -0.39 is 17.5 Å². The molecule has 0 saturated carbocycles. The molecule has 108 valence electrons. The van der Waals surface area contributed by atoms with E-state index in [0.29, 0.717) is 11.4 Å². The van der Waals surface area contributed by atoms with Crippen LogP contribution >= 0.6 is 11.6 Å². The summed E-state index contributed by atoms with van der Waals surface area (Å²) in [6, 6.07) is 1.72. The highest BCUT2D eigenvalue weighted by atomic mass is 35.5. The van der Waals surface area contributed by atoms with Crippen LogP contribution < -0.4 is 0 Å². The number of fused-ring (bicyclic) bond motifs is 1. The lowest BCUT2D eigenvalue weighted by Crippen LogP contribution is -2.02. The molecule has 4 nitrogen and oxygen atoms in total. The van der Waals surface area contributed by atoms with E-state index in [0.717, 1.165) is 12.1 Å². The fourth-order valence-corrected chi connectivity index (χ4v) is 2.30. The van der Waals surface area contributed by atoms with Crippen LogP contribution in [0.3, 0.4) is 0 Å². The fourth-order valence-electron chi connectivity index (χ4n) is 2.05. The molecule has 0 aliphatic carbocycles. The first-order chi connectivity index (χ1) is 9.90. The zero-order valence-electron chi connectivity index (χ0n) is 11.0. The van der Waals surface area contributed by atoms with Crippen LogP contribution in [0.15, 0.2) is 12.1 Å². The van der Waals surface area contributed by atoms with E-state index in [1.165, 1.54) is 4.40 Å². The van der Waals surface area contributed by atoms with Crippen LogP contribution in [0.25, 0.3) is 17.0 Å². The van der Waals surface area contributed by atoms with E-state index in [4.69, 9.17) is 11.6 Å². The van der Waals surface area contributed by atoms with Crippen LogP contribution in [0.1, 0.15) is 11.4 Å². The lowest BCUT2D eigenvalue weighted by Gasteiger charge is -2.07. The van der Waals surface area contributed by atoms with Crippen LogP contribution in [0, 0.1) is 31.3 Å². The number of rotatable bonds is 1. The molecule has 0 saturated heterocycles. The predicted molar refractivity (Wildman–Crippen MR) is 70.6 cm³/mol. The van der Waals surface area contributed by atoms with Crippen molar-refractivity contribution in [3.05, 3.63) is 46.1 Å². The zero-order chi connectivity index (χ0) is 15.3. The van der Waals surface area contributed by atoms with Gasteiger partial charge in [-0.25, -0.2) is 18.2 Å². The molecule has 0 unspecified atom stereocenters. The van der Waals surface area contributed by atoms with Crippen molar-refractivity contribution < 1.29 is 13.2 Å². The molecule has 0 atom stereocenters. The van der Waals surface area contributed by atoms with Crippen molar-refractivity contribution >= 4 is 17.2 Å². The maximum atomic E-state index is 13.4. The molecular weight excluding hydrogens is 305 g/mol. The molecule has 0 N–H and O–H groups in total. The molecule has 2 heterocycles. The molecule has 2 aromatic heterocycles. The first kappa shape index (κ1) is 13.8. The topological polar surface area (TPSA) is 43.1 Å². The number of benzene rings is 1. The van der Waals surface area contributed by atoms with Gasteiger partial charge in [-0.2, -0.15) is 0 Å². The van der Waals surface area contributed by atoms with E-state index in [1.807, 2.05) is 0 Å². The third-order valence-corrected chi connectivity index (χ3v) is 3.47. The summed E-state index contributed by atoms with van der Waals surface area (Å²) < 4.78 is 41.3. The first-order valence-electron chi connectivity index (χ1n) is 5.93. The summed E-state index contributed by atoms with van der Waals surface area (Å²) >= 11 is 5.98. The smallest absolute Gasteiger partial charge is 0.199 e. The van der Waals surface area contributed by atoms with Gasteiger partial charge in [0.1, 0.15) is 0 Å². The van der Waals surface area contributed by atoms with Crippen molar-refractivity contribution in [3.63, 3.8) is 0 Å². The Morgan fingerprint density at radius 1 is 1.05 bits per heavy atom. The van der Waals surface area contributed by atoms with Crippen LogP contribution in [0.5, 0.6) is 0 Å². The van der Waals surface area contributed by atoms with Gasteiger partial charge >= 0.3 is 0 Å². The zero-order valence-corrected chi connectivity index (χ0v) is 11.7. The van der Waals surface area contributed by atoms with Gasteiger partial charge in [0.2, 0.25) is 0 Å². The third-order valence-electron chi connectivity index (χ3n) is 3.21. The molecule has 0 fully saturated rings. The lowest BCUT2D eigenvalue weighted by atomic mass is 10.2. The highest BCUT2D eigenvalue weighted by Gasteiger charge is 2.18. The summed E-state index contributed by atoms with van der Waals surface area (Å²) in [5.74, 6) is -3.96. The van der Waals surface area contributed by atoms with E-state index in [1.54, 1.807) is 13.8 Å². The van der Waals surface area contributed by atoms with Gasteiger partial charge in [-0.1, -0.05) is 11.6 Å². The summed E-state index contributed by atoms with van der Waals surface area (Å²) in [5, 5.41) is 7.86. The van der Waals surface area contributed by atoms with Gasteiger partial charge in [-0.15, -0.1) is 10.2 Å². The summed E-state index contributed by atoms with van der Waals surface area (Å²) in [6.45, 7) is 3.48. The number of halogens is 4. The van der Waals surface area contributed by atoms with Crippen LogP contribution in [0.4, 0.5) is 13.2 Å². The summed E-state index contributed by atoms with van der Waals surface area (Å²) in [7, 11) is 0. The van der Waals surface area contributed by atoms with E-state index in [-0.39, 0.29) is 22.2 Å². The molecule has 3 aromatic rings. The predicted octanol–water partition coefficient (Wildman–Crippen LogP) is 3.48. The van der Waals surface area contributed by atoms with Crippen molar-refractivity contribution in [1.29, 1.82) is 0 Å². The molecule has 0 aliphatic heterocycles. The Morgan fingerprint density at radius 2 is 1.67 bits per heavy atom. The fraction of sp³-hybridized carbons (Fsp3) is 0.154. The van der Waals surface area contributed by atoms with E-state index in [2.05, 4.69) is 15.2 Å². The van der Waals surface area contributed by atoms with Gasteiger partial charge in [0.25, 0.3) is 0 Å². The Hall–Kier alpha value is -2.15. The summed E-state index contributed by atoms with van der Waals surface area (Å²) in [5.41, 5.74) is 1.61. The molecule has 3 rings (SSSR count). The maximum absolute atomic E-state index is 13.4. The van der Waals surface area contributed by atoms with Gasteiger partial charge < -0.3 is 0 Å². The average Bonchev–Trinajstić information content (AvgIpc) is 2.87. The quantitative estimate of drug-likeness (QED) is 0.646. The van der Waals surface area contributed by atoms with E-state index in [9.17, 15) is 13.2 Å². The van der Waals surface area contributed by atoms with Gasteiger partial charge in [0.05, 0.1) is 5.69 Å². The van der Waals surface area contributed by atoms with Crippen molar-refractivity contribution in [3.8, 4) is 11.4 Å². The molecule has 0 aliphatic rings. The van der Waals surface area contributed by atoms with Crippen molar-refractivity contribution in [2.45, 2.75) is 13.8 Å². The molecule has 0 amide bonds. The third kappa shape index (κ3) is 2.04. The number of nitrogens with zero attached hydrogens (tertiary/aromatic N) is 4. The number of hydrogen-bond acceptors (Lipinski definition) is 3. The SMILES string of the molecule is Cc1nc(Cl)c2nnc(-c3cc(F)c(F)c(F)c3)n2c1C. The molecule has 1 aromatic carbocycles. The van der Waals surface area contributed by atoms with Crippen LogP contribution in [0.2, 0.25) is 5.15 Å². The molecular formula is C13H8ClF3N4. The van der Waals surface area contributed by atoms with Crippen molar-refractivity contribution in [2.75, 3.05) is 0 Å². The minimum absolute atomic E-state index is 0.0590. The molecule has 0 spiro atoms. The molecule has 0 bridgehead atoms. The minimum Gasteiger partial charge on any atom is -0.275 e. The Labute approximate surface area is 122 Å². The Balaban J connectivity index is 2.36. The van der Waals surface area contributed by atoms with Gasteiger partial charge in [0, 0.05) is 11.3 Å². The van der Waals surface area contributed by atoms with Crippen LogP contribution in [-0.4, -0.2) is 19.6 Å². The summed E-state index contributed by atoms with van der Waals surface area (Å²) in [6.07, 6.45) is 0. The van der Waals surface area contributed by atoms with Gasteiger partial charge in [0.15, 0.2) is 34.1 Å². The Bertz CT molecular complexity index is 852. The standard InChI is InChI=1S/C13H8ClF3N4/c1-5-6(2)21-12(19-20-13(21)11(14)18-5)7-3-8(15)10(17)9(16)4-7/h3-4H,1-2H3.